The minimum atomic E-state index is -0.454. The van der Waals surface area contributed by atoms with E-state index in [0.717, 1.165) is 11.8 Å². The Morgan fingerprint density at radius 2 is 2.18 bits per heavy atom. The van der Waals surface area contributed by atoms with Crippen molar-refractivity contribution in [2.45, 2.75) is 13.3 Å². The minimum Gasteiger partial charge on any atom is -0.387 e. The summed E-state index contributed by atoms with van der Waals surface area (Å²) in [5.41, 5.74) is 6.44. The van der Waals surface area contributed by atoms with Crippen LogP contribution in [0.3, 0.4) is 0 Å². The molecule has 0 aromatic carbocycles. The molecule has 94 valence electrons. The van der Waals surface area contributed by atoms with Gasteiger partial charge in [0.2, 0.25) is 0 Å². The predicted octanol–water partition coefficient (Wildman–Crippen LogP) is 0.670. The highest BCUT2D eigenvalue weighted by Gasteiger charge is 2.08. The normalized spacial score (nSPS) is 13.5. The molecule has 0 spiro atoms. The second kappa shape index (κ2) is 7.56. The first kappa shape index (κ1) is 15.3. The van der Waals surface area contributed by atoms with E-state index in [4.69, 9.17) is 22.7 Å². The lowest BCUT2D eigenvalue weighted by Gasteiger charge is -2.03. The maximum atomic E-state index is 11.4. The molecule has 17 heavy (non-hydrogen) atoms. The van der Waals surface area contributed by atoms with E-state index >= 15 is 0 Å². The SMILES string of the molecule is CN=C(C)CC(N)=N/C(=C/C(=N)Cl)C(=O)NC. The zero-order chi connectivity index (χ0) is 13.4. The summed E-state index contributed by atoms with van der Waals surface area (Å²) in [5.74, 6) is -0.217. The van der Waals surface area contributed by atoms with Gasteiger partial charge in [-0.25, -0.2) is 4.99 Å². The van der Waals surface area contributed by atoms with Crippen molar-refractivity contribution in [2.24, 2.45) is 15.7 Å². The number of nitrogens with two attached hydrogens (primary N) is 1. The third-order valence-corrected chi connectivity index (χ3v) is 1.91. The Morgan fingerprint density at radius 3 is 2.59 bits per heavy atom. The van der Waals surface area contributed by atoms with E-state index in [9.17, 15) is 4.79 Å². The quantitative estimate of drug-likeness (QED) is 0.383. The van der Waals surface area contributed by atoms with Crippen LogP contribution in [0.15, 0.2) is 21.8 Å². The van der Waals surface area contributed by atoms with Gasteiger partial charge in [-0.1, -0.05) is 11.6 Å². The fourth-order valence-corrected chi connectivity index (χ4v) is 1.04. The van der Waals surface area contributed by atoms with E-state index in [-0.39, 0.29) is 16.7 Å². The Balaban J connectivity index is 5.04. The summed E-state index contributed by atoms with van der Waals surface area (Å²) in [6.45, 7) is 1.80. The number of nitrogens with zero attached hydrogens (tertiary/aromatic N) is 2. The van der Waals surface area contributed by atoms with Gasteiger partial charge in [-0.3, -0.25) is 15.2 Å². The fraction of sp³-hybridized carbons (Fsp3) is 0.400. The standard InChI is InChI=1S/C10H16ClN5O/c1-6(14-2)4-9(13)16-7(5-8(11)12)10(17)15-3/h5,12H,4H2,1-3H3,(H2,13,16)(H,15,17)/b7-5+,12-8?,14-6?. The van der Waals surface area contributed by atoms with Gasteiger partial charge in [0.15, 0.2) is 0 Å². The van der Waals surface area contributed by atoms with Gasteiger partial charge in [0.25, 0.3) is 5.91 Å². The molecule has 0 saturated heterocycles. The Labute approximate surface area is 105 Å². The van der Waals surface area contributed by atoms with Crippen molar-refractivity contribution in [2.75, 3.05) is 14.1 Å². The lowest BCUT2D eigenvalue weighted by molar-refractivity contribution is -0.117. The van der Waals surface area contributed by atoms with E-state index in [1.54, 1.807) is 14.0 Å². The van der Waals surface area contributed by atoms with E-state index in [1.807, 2.05) is 0 Å². The number of aliphatic imine (C=N–C) groups is 2. The Morgan fingerprint density at radius 1 is 1.59 bits per heavy atom. The molecule has 0 aromatic rings. The zero-order valence-corrected chi connectivity index (χ0v) is 10.8. The van der Waals surface area contributed by atoms with Crippen molar-refractivity contribution in [1.82, 2.24) is 5.32 Å². The first-order valence-corrected chi connectivity index (χ1v) is 5.21. The lowest BCUT2D eigenvalue weighted by atomic mass is 10.2. The molecule has 1 amide bonds. The largest absolute Gasteiger partial charge is 0.387 e. The Bertz CT molecular complexity index is 398. The molecule has 0 aliphatic heterocycles. The number of rotatable bonds is 5. The zero-order valence-electron chi connectivity index (χ0n) is 10.0. The summed E-state index contributed by atoms with van der Waals surface area (Å²) in [5, 5.41) is 9.19. The summed E-state index contributed by atoms with van der Waals surface area (Å²) >= 11 is 5.38. The number of amides is 1. The first-order chi connectivity index (χ1) is 7.90. The van der Waals surface area contributed by atoms with Gasteiger partial charge in [0.1, 0.15) is 16.7 Å². The molecule has 0 atom stereocenters. The van der Waals surface area contributed by atoms with Gasteiger partial charge in [0, 0.05) is 32.3 Å². The van der Waals surface area contributed by atoms with Crippen LogP contribution in [0.5, 0.6) is 0 Å². The van der Waals surface area contributed by atoms with Crippen LogP contribution in [0.2, 0.25) is 0 Å². The van der Waals surface area contributed by atoms with Crippen LogP contribution < -0.4 is 11.1 Å². The average Bonchev–Trinajstić information content (AvgIpc) is 2.26. The summed E-state index contributed by atoms with van der Waals surface area (Å²) in [4.78, 5) is 19.3. The molecule has 0 aromatic heterocycles. The molecule has 4 N–H and O–H groups in total. The van der Waals surface area contributed by atoms with Crippen LogP contribution in [-0.4, -0.2) is 36.7 Å². The van der Waals surface area contributed by atoms with Gasteiger partial charge < -0.3 is 11.1 Å². The molecule has 0 unspecified atom stereocenters. The molecule has 0 heterocycles. The molecule has 0 bridgehead atoms. The number of halogens is 1. The maximum absolute atomic E-state index is 11.4. The van der Waals surface area contributed by atoms with Gasteiger partial charge in [-0.05, 0) is 6.92 Å². The van der Waals surface area contributed by atoms with Crippen molar-refractivity contribution >= 4 is 34.2 Å². The smallest absolute Gasteiger partial charge is 0.269 e. The van der Waals surface area contributed by atoms with Crippen LogP contribution in [0, 0.1) is 5.41 Å². The van der Waals surface area contributed by atoms with Crippen molar-refractivity contribution in [3.63, 3.8) is 0 Å². The van der Waals surface area contributed by atoms with Crippen molar-refractivity contribution in [1.29, 1.82) is 5.41 Å². The van der Waals surface area contributed by atoms with Crippen LogP contribution in [0.1, 0.15) is 13.3 Å². The van der Waals surface area contributed by atoms with Crippen molar-refractivity contribution in [3.05, 3.63) is 11.8 Å². The summed E-state index contributed by atoms with van der Waals surface area (Å²) in [6.07, 6.45) is 1.49. The second-order valence-corrected chi connectivity index (χ2v) is 3.60. The minimum absolute atomic E-state index is 0.00565. The molecule has 0 aliphatic rings. The molecule has 0 fully saturated rings. The number of nitrogens with one attached hydrogen (secondary N) is 2. The van der Waals surface area contributed by atoms with Gasteiger partial charge in [0.05, 0.1) is 0 Å². The van der Waals surface area contributed by atoms with Gasteiger partial charge in [-0.2, -0.15) is 0 Å². The topological polar surface area (TPSA) is 104 Å². The van der Waals surface area contributed by atoms with E-state index in [2.05, 4.69) is 15.3 Å². The lowest BCUT2D eigenvalue weighted by Crippen LogP contribution is -2.23. The number of carbonyl (C=O) groups is 1. The monoisotopic (exact) mass is 257 g/mol. The molecular weight excluding hydrogens is 242 g/mol. The number of amidine groups is 1. The molecule has 0 radical (unpaired) electrons. The highest BCUT2D eigenvalue weighted by molar-refractivity contribution is 6.67. The number of carbonyl (C=O) groups excluding carboxylic acids is 1. The first-order valence-electron chi connectivity index (χ1n) is 4.83. The van der Waals surface area contributed by atoms with Crippen LogP contribution >= 0.6 is 11.6 Å². The Kier molecular flexibility index (Phi) is 6.81. The highest BCUT2D eigenvalue weighted by Crippen LogP contribution is 2.01. The summed E-state index contributed by atoms with van der Waals surface area (Å²) in [7, 11) is 3.10. The van der Waals surface area contributed by atoms with Crippen LogP contribution in [0.25, 0.3) is 0 Å². The van der Waals surface area contributed by atoms with E-state index in [0.29, 0.717) is 6.42 Å². The van der Waals surface area contributed by atoms with Crippen LogP contribution in [-0.2, 0) is 4.79 Å². The van der Waals surface area contributed by atoms with Crippen LogP contribution in [0.4, 0.5) is 0 Å². The predicted molar refractivity (Wildman–Crippen MR) is 71.0 cm³/mol. The highest BCUT2D eigenvalue weighted by atomic mass is 35.5. The molecule has 0 saturated carbocycles. The number of allylic oxidation sites excluding steroid dienone is 1. The Hall–Kier alpha value is -1.69. The third-order valence-electron chi connectivity index (χ3n) is 1.81. The second-order valence-electron chi connectivity index (χ2n) is 3.20. The molecule has 7 heteroatoms. The van der Waals surface area contributed by atoms with Crippen molar-refractivity contribution < 1.29 is 4.79 Å². The van der Waals surface area contributed by atoms with Gasteiger partial charge >= 0.3 is 0 Å². The number of likely N-dealkylation sites (N-methyl/N-ethyl adjacent to an activating group) is 1. The average molecular weight is 258 g/mol. The third kappa shape index (κ3) is 6.47. The number of hydrogen-bond donors (Lipinski definition) is 3. The fourth-order valence-electron chi connectivity index (χ4n) is 0.932. The van der Waals surface area contributed by atoms with E-state index in [1.165, 1.54) is 7.05 Å². The maximum Gasteiger partial charge on any atom is 0.269 e. The summed E-state index contributed by atoms with van der Waals surface area (Å²) < 4.78 is 0. The van der Waals surface area contributed by atoms with Crippen molar-refractivity contribution in [3.8, 4) is 0 Å². The van der Waals surface area contributed by atoms with E-state index < -0.39 is 5.91 Å². The molecule has 0 aliphatic carbocycles. The molecule has 0 rings (SSSR count). The number of hydrogen-bond acceptors (Lipinski definition) is 4. The summed E-state index contributed by atoms with van der Waals surface area (Å²) in [6, 6.07) is 0. The molecular formula is C10H16ClN5O. The molecule has 6 nitrogen and oxygen atoms in total. The van der Waals surface area contributed by atoms with Gasteiger partial charge in [-0.15, -0.1) is 0 Å².